The van der Waals surface area contributed by atoms with Gasteiger partial charge in [-0.2, -0.15) is 4.31 Å². The van der Waals surface area contributed by atoms with Gasteiger partial charge in [-0.1, -0.05) is 38.1 Å². The molecule has 0 saturated carbocycles. The molecule has 8 nitrogen and oxygen atoms in total. The van der Waals surface area contributed by atoms with Gasteiger partial charge in [-0.05, 0) is 41.8 Å². The summed E-state index contributed by atoms with van der Waals surface area (Å²) in [5, 5.41) is 2.81. The Morgan fingerprint density at radius 2 is 1.25 bits per heavy atom. The molecule has 176 valence electrons. The van der Waals surface area contributed by atoms with Crippen LogP contribution in [-0.2, 0) is 37.8 Å². The summed E-state index contributed by atoms with van der Waals surface area (Å²) < 4.78 is 51.8. The summed E-state index contributed by atoms with van der Waals surface area (Å²) in [4.78, 5) is 12.6. The van der Waals surface area contributed by atoms with Gasteiger partial charge in [-0.15, -0.1) is 0 Å². The van der Waals surface area contributed by atoms with Crippen molar-refractivity contribution in [2.75, 3.05) is 27.2 Å². The summed E-state index contributed by atoms with van der Waals surface area (Å²) in [6, 6.07) is 13.0. The molecule has 0 radical (unpaired) electrons. The maximum Gasteiger partial charge on any atom is 0.243 e. The number of amides is 1. The summed E-state index contributed by atoms with van der Waals surface area (Å²) in [6.45, 7) is 4.72. The molecular formula is C22H31N3O5S2. The molecule has 10 heteroatoms. The number of sulfonamides is 2. The Morgan fingerprint density at radius 1 is 0.781 bits per heavy atom. The molecule has 0 aliphatic rings. The standard InChI is InChI=1S/C22H31N3O5S2/c1-5-25(6-2)32(29,30)21-12-7-18(8-13-21)11-16-22(26)23-17-19-9-14-20(15-10-19)31(27,28)24(3)4/h7-10,12-15H,5-6,11,16-17H2,1-4H3,(H,23,26). The zero-order valence-corrected chi connectivity index (χ0v) is 20.5. The third-order valence-electron chi connectivity index (χ3n) is 5.10. The van der Waals surface area contributed by atoms with Gasteiger partial charge in [0.15, 0.2) is 0 Å². The zero-order valence-electron chi connectivity index (χ0n) is 18.9. The smallest absolute Gasteiger partial charge is 0.243 e. The van der Waals surface area contributed by atoms with Crippen LogP contribution in [0.5, 0.6) is 0 Å². The fourth-order valence-electron chi connectivity index (χ4n) is 3.08. The lowest BCUT2D eigenvalue weighted by Gasteiger charge is -2.18. The van der Waals surface area contributed by atoms with Gasteiger partial charge in [0, 0.05) is 40.2 Å². The SMILES string of the molecule is CCN(CC)S(=O)(=O)c1ccc(CCC(=O)NCc2ccc(S(=O)(=O)N(C)C)cc2)cc1. The molecule has 0 atom stereocenters. The normalized spacial score (nSPS) is 12.3. The van der Waals surface area contributed by atoms with Crippen LogP contribution in [0.3, 0.4) is 0 Å². The minimum absolute atomic E-state index is 0.144. The first-order valence-electron chi connectivity index (χ1n) is 10.4. The van der Waals surface area contributed by atoms with Crippen molar-refractivity contribution in [1.29, 1.82) is 0 Å². The Hall–Kier alpha value is -2.27. The van der Waals surface area contributed by atoms with Crippen LogP contribution in [0.1, 0.15) is 31.4 Å². The van der Waals surface area contributed by atoms with Gasteiger partial charge in [-0.25, -0.2) is 21.1 Å². The molecule has 0 aromatic heterocycles. The average molecular weight is 482 g/mol. The summed E-state index contributed by atoms with van der Waals surface area (Å²) >= 11 is 0. The number of carbonyl (C=O) groups excluding carboxylic acids is 1. The van der Waals surface area contributed by atoms with E-state index >= 15 is 0 Å². The van der Waals surface area contributed by atoms with Gasteiger partial charge in [0.1, 0.15) is 0 Å². The Labute approximate surface area is 191 Å². The van der Waals surface area contributed by atoms with Crippen LogP contribution < -0.4 is 5.32 Å². The first-order valence-corrected chi connectivity index (χ1v) is 13.3. The van der Waals surface area contributed by atoms with E-state index in [1.165, 1.54) is 30.5 Å². The highest BCUT2D eigenvalue weighted by atomic mass is 32.2. The summed E-state index contributed by atoms with van der Waals surface area (Å²) in [6.07, 6.45) is 0.743. The van der Waals surface area contributed by atoms with Crippen LogP contribution in [0.4, 0.5) is 0 Å². The largest absolute Gasteiger partial charge is 0.352 e. The van der Waals surface area contributed by atoms with E-state index in [4.69, 9.17) is 0 Å². The number of rotatable bonds is 11. The number of hydrogen-bond acceptors (Lipinski definition) is 5. The lowest BCUT2D eigenvalue weighted by atomic mass is 10.1. The van der Waals surface area contributed by atoms with Crippen LogP contribution in [-0.4, -0.2) is 58.5 Å². The van der Waals surface area contributed by atoms with Crippen molar-refractivity contribution in [3.8, 4) is 0 Å². The number of hydrogen-bond donors (Lipinski definition) is 1. The molecule has 0 unspecified atom stereocenters. The Morgan fingerprint density at radius 3 is 1.72 bits per heavy atom. The molecule has 2 aromatic carbocycles. The van der Waals surface area contributed by atoms with E-state index in [0.29, 0.717) is 26.1 Å². The molecule has 0 saturated heterocycles. The highest BCUT2D eigenvalue weighted by Crippen LogP contribution is 2.17. The summed E-state index contributed by atoms with van der Waals surface area (Å²) in [5.41, 5.74) is 1.67. The minimum atomic E-state index is -3.49. The fourth-order valence-corrected chi connectivity index (χ4v) is 5.44. The fraction of sp³-hybridized carbons (Fsp3) is 0.409. The zero-order chi connectivity index (χ0) is 23.9. The van der Waals surface area contributed by atoms with Crippen LogP contribution in [0.2, 0.25) is 0 Å². The van der Waals surface area contributed by atoms with Gasteiger partial charge in [0.05, 0.1) is 9.79 Å². The van der Waals surface area contributed by atoms with E-state index in [0.717, 1.165) is 15.4 Å². The monoisotopic (exact) mass is 481 g/mol. The lowest BCUT2D eigenvalue weighted by molar-refractivity contribution is -0.121. The van der Waals surface area contributed by atoms with Gasteiger partial charge in [0.2, 0.25) is 26.0 Å². The predicted octanol–water partition coefficient (Wildman–Crippen LogP) is 2.22. The van der Waals surface area contributed by atoms with Crippen molar-refractivity contribution >= 4 is 26.0 Å². The van der Waals surface area contributed by atoms with Crippen molar-refractivity contribution in [3.05, 3.63) is 59.7 Å². The van der Waals surface area contributed by atoms with Crippen molar-refractivity contribution < 1.29 is 21.6 Å². The molecule has 0 heterocycles. The lowest BCUT2D eigenvalue weighted by Crippen LogP contribution is -2.30. The molecule has 0 spiro atoms. The highest BCUT2D eigenvalue weighted by Gasteiger charge is 2.21. The second kappa shape index (κ2) is 11.0. The molecule has 2 rings (SSSR count). The number of carbonyl (C=O) groups is 1. The minimum Gasteiger partial charge on any atom is -0.352 e. The van der Waals surface area contributed by atoms with Gasteiger partial charge in [0.25, 0.3) is 0 Å². The Balaban J connectivity index is 1.88. The van der Waals surface area contributed by atoms with Crippen LogP contribution in [0.15, 0.2) is 58.3 Å². The Kier molecular flexibility index (Phi) is 8.97. The predicted molar refractivity (Wildman–Crippen MR) is 124 cm³/mol. The molecule has 2 aromatic rings. The number of aryl methyl sites for hydroxylation is 1. The van der Waals surface area contributed by atoms with E-state index < -0.39 is 20.0 Å². The second-order valence-electron chi connectivity index (χ2n) is 7.44. The maximum absolute atomic E-state index is 12.5. The molecule has 0 aliphatic heterocycles. The maximum atomic E-state index is 12.5. The quantitative estimate of drug-likeness (QED) is 0.530. The average Bonchev–Trinajstić information content (AvgIpc) is 2.77. The molecule has 32 heavy (non-hydrogen) atoms. The molecule has 0 bridgehead atoms. The van der Waals surface area contributed by atoms with E-state index in [1.54, 1.807) is 50.2 Å². The van der Waals surface area contributed by atoms with Crippen molar-refractivity contribution in [2.45, 2.75) is 43.0 Å². The molecule has 1 N–H and O–H groups in total. The van der Waals surface area contributed by atoms with Crippen molar-refractivity contribution in [2.24, 2.45) is 0 Å². The third kappa shape index (κ3) is 6.38. The second-order valence-corrected chi connectivity index (χ2v) is 11.5. The van der Waals surface area contributed by atoms with Gasteiger partial charge < -0.3 is 5.32 Å². The molecule has 0 fully saturated rings. The van der Waals surface area contributed by atoms with Crippen molar-refractivity contribution in [1.82, 2.24) is 13.9 Å². The van der Waals surface area contributed by atoms with Crippen LogP contribution in [0, 0.1) is 0 Å². The van der Waals surface area contributed by atoms with E-state index in [9.17, 15) is 21.6 Å². The van der Waals surface area contributed by atoms with Crippen LogP contribution in [0.25, 0.3) is 0 Å². The first-order chi connectivity index (χ1) is 15.0. The first kappa shape index (κ1) is 26.0. The molecule has 1 amide bonds. The van der Waals surface area contributed by atoms with E-state index in [-0.39, 0.29) is 22.1 Å². The number of nitrogens with one attached hydrogen (secondary N) is 1. The summed E-state index contributed by atoms with van der Waals surface area (Å²) in [5.74, 6) is -0.144. The van der Waals surface area contributed by atoms with Gasteiger partial charge >= 0.3 is 0 Å². The highest BCUT2D eigenvalue weighted by molar-refractivity contribution is 7.89. The molecular weight excluding hydrogens is 450 g/mol. The molecule has 0 aliphatic carbocycles. The van der Waals surface area contributed by atoms with E-state index in [1.807, 2.05) is 0 Å². The summed E-state index contributed by atoms with van der Waals surface area (Å²) in [7, 11) is -4.02. The third-order valence-corrected chi connectivity index (χ3v) is 8.99. The van der Waals surface area contributed by atoms with Crippen LogP contribution >= 0.6 is 0 Å². The van der Waals surface area contributed by atoms with Gasteiger partial charge in [-0.3, -0.25) is 4.79 Å². The number of benzene rings is 2. The van der Waals surface area contributed by atoms with E-state index in [2.05, 4.69) is 5.32 Å². The van der Waals surface area contributed by atoms with Crippen molar-refractivity contribution in [3.63, 3.8) is 0 Å². The Bertz CT molecular complexity index is 1110. The number of nitrogens with zero attached hydrogens (tertiary/aromatic N) is 2. The topological polar surface area (TPSA) is 104 Å².